The Kier molecular flexibility index (Phi) is 6.17. The molecule has 0 unspecified atom stereocenters. The third kappa shape index (κ3) is 5.38. The van der Waals surface area contributed by atoms with Crippen LogP contribution in [0.25, 0.3) is 0 Å². The summed E-state index contributed by atoms with van der Waals surface area (Å²) in [5.74, 6) is 0.480. The predicted octanol–water partition coefficient (Wildman–Crippen LogP) is 3.43. The summed E-state index contributed by atoms with van der Waals surface area (Å²) in [6, 6.07) is 8.14. The van der Waals surface area contributed by atoms with E-state index in [-0.39, 0.29) is 12.3 Å². The van der Waals surface area contributed by atoms with Crippen LogP contribution in [0, 0.1) is 0 Å². The second-order valence-corrected chi connectivity index (χ2v) is 8.12. The van der Waals surface area contributed by atoms with Crippen molar-refractivity contribution in [1.82, 2.24) is 19.9 Å². The van der Waals surface area contributed by atoms with Crippen LogP contribution in [-0.2, 0) is 23.8 Å². The maximum absolute atomic E-state index is 12.7. The van der Waals surface area contributed by atoms with Gasteiger partial charge in [-0.15, -0.1) is 11.3 Å². The zero-order chi connectivity index (χ0) is 21.8. The number of rotatable bonds is 5. The number of aromatic nitrogens is 3. The molecule has 0 N–H and O–H groups in total. The first-order valence-electron chi connectivity index (χ1n) is 9.77. The second-order valence-electron chi connectivity index (χ2n) is 7.18. The number of carbonyl (C=O) groups is 1. The number of hydrogen-bond donors (Lipinski definition) is 0. The van der Waals surface area contributed by atoms with Crippen LogP contribution in [0.1, 0.15) is 22.0 Å². The maximum atomic E-state index is 12.7. The molecule has 0 atom stereocenters. The predicted molar refractivity (Wildman–Crippen MR) is 111 cm³/mol. The number of nitrogens with zero attached hydrogens (tertiary/aromatic N) is 5. The standard InChI is InChI=1S/C21H20F3N5OS/c22-21(23,24)15-4-5-18(26-13-15)28-7-9-29(10-8-28)20(30)12-17-14-31-19(27-17)11-16-3-1-2-6-25-16/h1-6,13-14H,7-12H2. The topological polar surface area (TPSA) is 62.2 Å². The van der Waals surface area contributed by atoms with Gasteiger partial charge >= 0.3 is 6.18 Å². The van der Waals surface area contributed by atoms with Crippen LogP contribution < -0.4 is 4.90 Å². The highest BCUT2D eigenvalue weighted by Gasteiger charge is 2.31. The Hall–Kier alpha value is -3.01. The Morgan fingerprint density at radius 1 is 1.03 bits per heavy atom. The highest BCUT2D eigenvalue weighted by molar-refractivity contribution is 7.09. The second kappa shape index (κ2) is 9.01. The van der Waals surface area contributed by atoms with Gasteiger partial charge in [0, 0.05) is 56.1 Å². The summed E-state index contributed by atoms with van der Waals surface area (Å²) in [6.45, 7) is 2.02. The minimum Gasteiger partial charge on any atom is -0.353 e. The third-order valence-electron chi connectivity index (χ3n) is 5.02. The van der Waals surface area contributed by atoms with Gasteiger partial charge in [-0.1, -0.05) is 6.07 Å². The van der Waals surface area contributed by atoms with E-state index in [0.717, 1.165) is 28.7 Å². The number of carbonyl (C=O) groups excluding carboxylic acids is 1. The highest BCUT2D eigenvalue weighted by atomic mass is 32.1. The van der Waals surface area contributed by atoms with Crippen LogP contribution in [0.15, 0.2) is 48.1 Å². The summed E-state index contributed by atoms with van der Waals surface area (Å²) in [7, 11) is 0. The van der Waals surface area contributed by atoms with Crippen molar-refractivity contribution in [3.63, 3.8) is 0 Å². The van der Waals surface area contributed by atoms with Crippen molar-refractivity contribution in [2.45, 2.75) is 19.0 Å². The first-order chi connectivity index (χ1) is 14.9. The van der Waals surface area contributed by atoms with Crippen LogP contribution in [0.2, 0.25) is 0 Å². The molecule has 0 spiro atoms. The average Bonchev–Trinajstić information content (AvgIpc) is 3.20. The SMILES string of the molecule is O=C(Cc1csc(Cc2ccccn2)n1)N1CCN(c2ccc(C(F)(F)F)cn2)CC1. The monoisotopic (exact) mass is 447 g/mol. The van der Waals surface area contributed by atoms with Crippen molar-refractivity contribution in [2.24, 2.45) is 0 Å². The summed E-state index contributed by atoms with van der Waals surface area (Å²) >= 11 is 1.52. The lowest BCUT2D eigenvalue weighted by atomic mass is 10.2. The molecule has 0 aliphatic carbocycles. The van der Waals surface area contributed by atoms with Gasteiger partial charge in [0.1, 0.15) is 5.82 Å². The molecule has 1 saturated heterocycles. The van der Waals surface area contributed by atoms with Gasteiger partial charge in [0.2, 0.25) is 5.91 Å². The van der Waals surface area contributed by atoms with Crippen LogP contribution in [-0.4, -0.2) is 51.9 Å². The van der Waals surface area contributed by atoms with Crippen molar-refractivity contribution in [2.75, 3.05) is 31.1 Å². The normalized spacial score (nSPS) is 14.7. The molecule has 1 fully saturated rings. The first kappa shape index (κ1) is 21.2. The molecule has 3 aromatic rings. The number of piperazine rings is 1. The lowest BCUT2D eigenvalue weighted by molar-refractivity contribution is -0.137. The van der Waals surface area contributed by atoms with Crippen molar-refractivity contribution < 1.29 is 18.0 Å². The lowest BCUT2D eigenvalue weighted by Gasteiger charge is -2.35. The Morgan fingerprint density at radius 3 is 2.48 bits per heavy atom. The van der Waals surface area contributed by atoms with Crippen LogP contribution in [0.3, 0.4) is 0 Å². The quantitative estimate of drug-likeness (QED) is 0.600. The summed E-state index contributed by atoms with van der Waals surface area (Å²) in [5.41, 5.74) is 0.909. The molecule has 6 nitrogen and oxygen atoms in total. The summed E-state index contributed by atoms with van der Waals surface area (Å²) in [6.07, 6.45) is -0.940. The van der Waals surface area contributed by atoms with E-state index in [1.54, 1.807) is 11.1 Å². The summed E-state index contributed by atoms with van der Waals surface area (Å²) < 4.78 is 38.1. The van der Waals surface area contributed by atoms with Gasteiger partial charge in [-0.25, -0.2) is 9.97 Å². The molecule has 0 aromatic carbocycles. The molecule has 1 aliphatic heterocycles. The fourth-order valence-corrected chi connectivity index (χ4v) is 4.17. The molecule has 1 amide bonds. The Balaban J connectivity index is 1.29. The van der Waals surface area contributed by atoms with E-state index in [1.165, 1.54) is 17.4 Å². The van der Waals surface area contributed by atoms with Crippen molar-refractivity contribution in [1.29, 1.82) is 0 Å². The van der Waals surface area contributed by atoms with Gasteiger partial charge in [0.15, 0.2) is 0 Å². The van der Waals surface area contributed by atoms with E-state index in [9.17, 15) is 18.0 Å². The molecule has 31 heavy (non-hydrogen) atoms. The number of pyridine rings is 2. The number of amides is 1. The van der Waals surface area contributed by atoms with Gasteiger partial charge in [0.05, 0.1) is 22.7 Å². The summed E-state index contributed by atoms with van der Waals surface area (Å²) in [4.78, 5) is 29.1. The van der Waals surface area contributed by atoms with Crippen LogP contribution in [0.4, 0.5) is 19.0 Å². The van der Waals surface area contributed by atoms with E-state index < -0.39 is 11.7 Å². The number of anilines is 1. The van der Waals surface area contributed by atoms with E-state index in [0.29, 0.717) is 38.4 Å². The zero-order valence-corrected chi connectivity index (χ0v) is 17.4. The fourth-order valence-electron chi connectivity index (χ4n) is 3.36. The van der Waals surface area contributed by atoms with Crippen molar-refractivity contribution >= 4 is 23.1 Å². The fraction of sp³-hybridized carbons (Fsp3) is 0.333. The Labute approximate surface area is 181 Å². The van der Waals surface area contributed by atoms with E-state index >= 15 is 0 Å². The molecule has 4 rings (SSSR count). The van der Waals surface area contributed by atoms with Gasteiger partial charge in [0.25, 0.3) is 0 Å². The molecule has 10 heteroatoms. The molecular formula is C21H20F3N5OS. The average molecular weight is 447 g/mol. The van der Waals surface area contributed by atoms with E-state index in [2.05, 4.69) is 15.0 Å². The molecule has 4 heterocycles. The molecular weight excluding hydrogens is 427 g/mol. The number of alkyl halides is 3. The van der Waals surface area contributed by atoms with Gasteiger partial charge in [-0.3, -0.25) is 9.78 Å². The molecule has 3 aromatic heterocycles. The zero-order valence-electron chi connectivity index (χ0n) is 16.5. The Morgan fingerprint density at radius 2 is 1.84 bits per heavy atom. The number of hydrogen-bond acceptors (Lipinski definition) is 6. The lowest BCUT2D eigenvalue weighted by Crippen LogP contribution is -2.49. The molecule has 0 radical (unpaired) electrons. The van der Waals surface area contributed by atoms with Gasteiger partial charge in [-0.2, -0.15) is 13.2 Å². The number of thiazole rings is 1. The molecule has 0 saturated carbocycles. The van der Waals surface area contributed by atoms with E-state index in [4.69, 9.17) is 0 Å². The van der Waals surface area contributed by atoms with Crippen molar-refractivity contribution in [3.05, 3.63) is 70.1 Å². The van der Waals surface area contributed by atoms with Crippen LogP contribution in [0.5, 0.6) is 0 Å². The summed E-state index contributed by atoms with van der Waals surface area (Å²) in [5, 5.41) is 2.82. The van der Waals surface area contributed by atoms with E-state index in [1.807, 2.05) is 28.5 Å². The third-order valence-corrected chi connectivity index (χ3v) is 5.92. The molecule has 0 bridgehead atoms. The first-order valence-corrected chi connectivity index (χ1v) is 10.7. The van der Waals surface area contributed by atoms with Crippen molar-refractivity contribution in [3.8, 4) is 0 Å². The highest BCUT2D eigenvalue weighted by Crippen LogP contribution is 2.29. The largest absolute Gasteiger partial charge is 0.417 e. The van der Waals surface area contributed by atoms with Gasteiger partial charge < -0.3 is 9.80 Å². The minimum atomic E-state index is -4.40. The Bertz CT molecular complexity index is 1020. The number of halogens is 3. The maximum Gasteiger partial charge on any atom is 0.417 e. The smallest absolute Gasteiger partial charge is 0.353 e. The molecule has 162 valence electrons. The van der Waals surface area contributed by atoms with Gasteiger partial charge in [-0.05, 0) is 24.3 Å². The molecule has 1 aliphatic rings. The minimum absolute atomic E-state index is 0.00489. The van der Waals surface area contributed by atoms with Crippen LogP contribution >= 0.6 is 11.3 Å².